The van der Waals surface area contributed by atoms with Crippen LogP contribution in [-0.4, -0.2) is 34.2 Å². The Morgan fingerprint density at radius 1 is 1.11 bits per heavy atom. The van der Waals surface area contributed by atoms with Gasteiger partial charge in [0.1, 0.15) is 0 Å². The fourth-order valence-electron chi connectivity index (χ4n) is 3.32. The zero-order valence-electron chi connectivity index (χ0n) is 11.6. The standard InChI is InChI=1S/C14H23NO4/c1-14(2)10(11(14)13(18)19)12(17)15-8-6-4-3-5-7-9(8)16/h8-11,16H,3-7H2,1-2H3,(H,15,17)(H,18,19)/t8?,9?,10-,11+/m1/s1. The molecule has 0 aromatic heterocycles. The number of hydrogen-bond donors (Lipinski definition) is 3. The Bertz CT molecular complexity index is 380. The van der Waals surface area contributed by atoms with Crippen LogP contribution in [0.15, 0.2) is 0 Å². The molecule has 108 valence electrons. The summed E-state index contributed by atoms with van der Waals surface area (Å²) in [5, 5.41) is 21.9. The topological polar surface area (TPSA) is 86.6 Å². The molecule has 0 radical (unpaired) electrons. The van der Waals surface area contributed by atoms with E-state index in [1.165, 1.54) is 0 Å². The minimum atomic E-state index is -0.911. The second-order valence-corrected chi connectivity index (χ2v) is 6.44. The lowest BCUT2D eigenvalue weighted by molar-refractivity contribution is -0.140. The van der Waals surface area contributed by atoms with E-state index in [-0.39, 0.29) is 11.9 Å². The molecule has 3 N–H and O–H groups in total. The van der Waals surface area contributed by atoms with Gasteiger partial charge in [0.25, 0.3) is 0 Å². The van der Waals surface area contributed by atoms with Gasteiger partial charge in [-0.15, -0.1) is 0 Å². The molecule has 2 aliphatic rings. The molecular formula is C14H23NO4. The van der Waals surface area contributed by atoms with Crippen molar-refractivity contribution < 1.29 is 19.8 Å². The molecule has 2 rings (SSSR count). The van der Waals surface area contributed by atoms with Crippen LogP contribution in [-0.2, 0) is 9.59 Å². The van der Waals surface area contributed by atoms with Gasteiger partial charge in [-0.05, 0) is 18.3 Å². The first kappa shape index (κ1) is 14.3. The molecule has 0 spiro atoms. The number of rotatable bonds is 3. The third kappa shape index (κ3) is 2.76. The number of carboxylic acids is 1. The first-order chi connectivity index (χ1) is 8.85. The molecule has 2 unspecified atom stereocenters. The van der Waals surface area contributed by atoms with Gasteiger partial charge >= 0.3 is 5.97 Å². The van der Waals surface area contributed by atoms with Crippen molar-refractivity contribution in [3.63, 3.8) is 0 Å². The van der Waals surface area contributed by atoms with E-state index in [1.807, 2.05) is 0 Å². The Kier molecular flexibility index (Phi) is 3.85. The summed E-state index contributed by atoms with van der Waals surface area (Å²) in [5.41, 5.74) is -0.481. The maximum absolute atomic E-state index is 12.2. The Hall–Kier alpha value is -1.10. The van der Waals surface area contributed by atoms with Gasteiger partial charge in [0.2, 0.25) is 5.91 Å². The van der Waals surface area contributed by atoms with Crippen molar-refractivity contribution in [1.29, 1.82) is 0 Å². The number of aliphatic carboxylic acids is 1. The van der Waals surface area contributed by atoms with Gasteiger partial charge in [-0.3, -0.25) is 9.59 Å². The van der Waals surface area contributed by atoms with Crippen LogP contribution in [0.5, 0.6) is 0 Å². The Balaban J connectivity index is 1.96. The number of aliphatic hydroxyl groups is 1. The van der Waals surface area contributed by atoms with Gasteiger partial charge < -0.3 is 15.5 Å². The first-order valence-electron chi connectivity index (χ1n) is 7.07. The fourth-order valence-corrected chi connectivity index (χ4v) is 3.32. The van der Waals surface area contributed by atoms with E-state index in [2.05, 4.69) is 5.32 Å². The molecule has 0 saturated heterocycles. The summed E-state index contributed by atoms with van der Waals surface area (Å²) in [4.78, 5) is 23.3. The largest absolute Gasteiger partial charge is 0.481 e. The SMILES string of the molecule is CC1(C)[C@H](C(=O)O)[C@@H]1C(=O)NC1CCCCCC1O. The maximum atomic E-state index is 12.2. The molecule has 2 saturated carbocycles. The number of carboxylic acid groups (broad SMARTS) is 1. The Morgan fingerprint density at radius 2 is 1.74 bits per heavy atom. The quantitative estimate of drug-likeness (QED) is 0.671. The number of nitrogens with one attached hydrogen (secondary N) is 1. The zero-order valence-corrected chi connectivity index (χ0v) is 11.6. The normalized spacial score (nSPS) is 37.2. The van der Waals surface area contributed by atoms with E-state index >= 15 is 0 Å². The van der Waals surface area contributed by atoms with E-state index in [0.29, 0.717) is 6.42 Å². The van der Waals surface area contributed by atoms with Crippen LogP contribution in [0, 0.1) is 17.3 Å². The second kappa shape index (κ2) is 5.12. The smallest absolute Gasteiger partial charge is 0.307 e. The molecule has 0 heterocycles. The lowest BCUT2D eigenvalue weighted by Gasteiger charge is -2.22. The third-order valence-electron chi connectivity index (χ3n) is 4.68. The minimum Gasteiger partial charge on any atom is -0.481 e. The van der Waals surface area contributed by atoms with E-state index in [9.17, 15) is 14.7 Å². The van der Waals surface area contributed by atoms with Crippen LogP contribution in [0.25, 0.3) is 0 Å². The number of amides is 1. The van der Waals surface area contributed by atoms with Crippen molar-refractivity contribution in [2.45, 2.75) is 58.1 Å². The van der Waals surface area contributed by atoms with Crippen molar-refractivity contribution in [1.82, 2.24) is 5.32 Å². The van der Waals surface area contributed by atoms with Crippen molar-refractivity contribution in [3.05, 3.63) is 0 Å². The summed E-state index contributed by atoms with van der Waals surface area (Å²) in [6, 6.07) is -0.221. The van der Waals surface area contributed by atoms with Gasteiger partial charge in [0.15, 0.2) is 0 Å². The van der Waals surface area contributed by atoms with Gasteiger partial charge in [0, 0.05) is 0 Å². The van der Waals surface area contributed by atoms with Gasteiger partial charge in [0.05, 0.1) is 24.0 Å². The Labute approximate surface area is 113 Å². The summed E-state index contributed by atoms with van der Waals surface area (Å²) >= 11 is 0. The number of carbonyl (C=O) groups excluding carboxylic acids is 1. The van der Waals surface area contributed by atoms with E-state index in [1.54, 1.807) is 13.8 Å². The van der Waals surface area contributed by atoms with Crippen LogP contribution in [0.3, 0.4) is 0 Å². The third-order valence-corrected chi connectivity index (χ3v) is 4.68. The number of hydrogen-bond acceptors (Lipinski definition) is 3. The highest BCUT2D eigenvalue weighted by molar-refractivity contribution is 5.91. The van der Waals surface area contributed by atoms with Crippen LogP contribution in [0.4, 0.5) is 0 Å². The lowest BCUT2D eigenvalue weighted by Crippen LogP contribution is -2.44. The molecule has 19 heavy (non-hydrogen) atoms. The zero-order chi connectivity index (χ0) is 14.2. The molecule has 5 nitrogen and oxygen atoms in total. The molecule has 0 aromatic rings. The summed E-state index contributed by atoms with van der Waals surface area (Å²) in [6.07, 6.45) is 4.05. The highest BCUT2D eigenvalue weighted by Gasteiger charge is 2.66. The predicted octanol–water partition coefficient (Wildman–Crippen LogP) is 1.15. The molecule has 2 aliphatic carbocycles. The number of carbonyl (C=O) groups is 2. The van der Waals surface area contributed by atoms with E-state index < -0.39 is 29.3 Å². The van der Waals surface area contributed by atoms with E-state index in [0.717, 1.165) is 25.7 Å². The summed E-state index contributed by atoms with van der Waals surface area (Å²) in [7, 11) is 0. The molecule has 5 heteroatoms. The Morgan fingerprint density at radius 3 is 2.32 bits per heavy atom. The maximum Gasteiger partial charge on any atom is 0.307 e. The molecule has 0 bridgehead atoms. The average Bonchev–Trinajstić information content (AvgIpc) is 2.94. The molecular weight excluding hydrogens is 246 g/mol. The fraction of sp³-hybridized carbons (Fsp3) is 0.857. The van der Waals surface area contributed by atoms with Crippen LogP contribution < -0.4 is 5.32 Å². The highest BCUT2D eigenvalue weighted by Crippen LogP contribution is 2.58. The number of aliphatic hydroxyl groups excluding tert-OH is 1. The predicted molar refractivity (Wildman–Crippen MR) is 69.4 cm³/mol. The average molecular weight is 269 g/mol. The molecule has 4 atom stereocenters. The van der Waals surface area contributed by atoms with Crippen molar-refractivity contribution >= 4 is 11.9 Å². The molecule has 0 aliphatic heterocycles. The van der Waals surface area contributed by atoms with Crippen molar-refractivity contribution in [3.8, 4) is 0 Å². The first-order valence-corrected chi connectivity index (χ1v) is 7.07. The summed E-state index contributed by atoms with van der Waals surface area (Å²) in [6.45, 7) is 3.61. The van der Waals surface area contributed by atoms with Crippen LogP contribution in [0.1, 0.15) is 46.0 Å². The second-order valence-electron chi connectivity index (χ2n) is 6.44. The van der Waals surface area contributed by atoms with Gasteiger partial charge in [-0.2, -0.15) is 0 Å². The van der Waals surface area contributed by atoms with Gasteiger partial charge in [-0.25, -0.2) is 0 Å². The monoisotopic (exact) mass is 269 g/mol. The summed E-state index contributed by atoms with van der Waals surface area (Å²) in [5.74, 6) is -2.20. The van der Waals surface area contributed by atoms with Crippen molar-refractivity contribution in [2.24, 2.45) is 17.3 Å². The highest BCUT2D eigenvalue weighted by atomic mass is 16.4. The lowest BCUT2D eigenvalue weighted by atomic mass is 10.0. The van der Waals surface area contributed by atoms with Crippen molar-refractivity contribution in [2.75, 3.05) is 0 Å². The summed E-state index contributed by atoms with van der Waals surface area (Å²) < 4.78 is 0. The van der Waals surface area contributed by atoms with Gasteiger partial charge in [-0.1, -0.05) is 33.1 Å². The molecule has 1 amide bonds. The van der Waals surface area contributed by atoms with Crippen LogP contribution >= 0.6 is 0 Å². The van der Waals surface area contributed by atoms with E-state index in [4.69, 9.17) is 5.11 Å². The van der Waals surface area contributed by atoms with Crippen LogP contribution in [0.2, 0.25) is 0 Å². The molecule has 2 fully saturated rings. The molecule has 0 aromatic carbocycles. The minimum absolute atomic E-state index is 0.219.